The molecular formula is C32H35F2N9O2. The summed E-state index contributed by atoms with van der Waals surface area (Å²) in [6, 6.07) is 7.00. The third-order valence-electron chi connectivity index (χ3n) is 7.78. The van der Waals surface area contributed by atoms with Crippen LogP contribution in [-0.2, 0) is 4.79 Å². The van der Waals surface area contributed by atoms with Gasteiger partial charge in [-0.15, -0.1) is 0 Å². The number of halogens is 2. The Morgan fingerprint density at radius 3 is 2.29 bits per heavy atom. The molecule has 0 unspecified atom stereocenters. The van der Waals surface area contributed by atoms with Crippen molar-refractivity contribution < 1.29 is 13.6 Å². The normalized spacial score (nSPS) is 14.5. The van der Waals surface area contributed by atoms with E-state index in [1.165, 1.54) is 28.8 Å². The minimum absolute atomic E-state index is 0.0316. The summed E-state index contributed by atoms with van der Waals surface area (Å²) in [5, 5.41) is 9.22. The molecule has 0 saturated heterocycles. The minimum Gasteiger partial charge on any atom is -0.368 e. The zero-order valence-electron chi connectivity index (χ0n) is 25.2. The maximum absolute atomic E-state index is 15.7. The van der Waals surface area contributed by atoms with E-state index >= 15 is 4.39 Å². The first-order valence-electron chi connectivity index (χ1n) is 15.1. The molecule has 11 nitrogen and oxygen atoms in total. The number of pyridine rings is 1. The fourth-order valence-corrected chi connectivity index (χ4v) is 5.21. The van der Waals surface area contributed by atoms with Crippen molar-refractivity contribution in [2.75, 3.05) is 50.9 Å². The monoisotopic (exact) mass is 615 g/mol. The number of fused-ring (bicyclic) bond motifs is 1. The summed E-state index contributed by atoms with van der Waals surface area (Å²) in [7, 11) is 3.98. The third kappa shape index (κ3) is 6.53. The smallest absolute Gasteiger partial charge is 0.355 e. The second-order valence-electron chi connectivity index (χ2n) is 11.6. The lowest BCUT2D eigenvalue weighted by atomic mass is 10.1. The van der Waals surface area contributed by atoms with Crippen LogP contribution in [-0.4, -0.2) is 75.6 Å². The van der Waals surface area contributed by atoms with Gasteiger partial charge >= 0.3 is 5.69 Å². The van der Waals surface area contributed by atoms with Crippen LogP contribution in [0.25, 0.3) is 28.0 Å². The van der Waals surface area contributed by atoms with E-state index in [1.54, 1.807) is 6.07 Å². The van der Waals surface area contributed by atoms with E-state index in [4.69, 9.17) is 9.97 Å². The van der Waals surface area contributed by atoms with Crippen LogP contribution in [0, 0.1) is 11.6 Å². The zero-order chi connectivity index (χ0) is 31.7. The molecule has 45 heavy (non-hydrogen) atoms. The van der Waals surface area contributed by atoms with Crippen molar-refractivity contribution in [2.24, 2.45) is 0 Å². The Kier molecular flexibility index (Phi) is 8.52. The van der Waals surface area contributed by atoms with Gasteiger partial charge in [0.15, 0.2) is 5.65 Å². The number of nitrogens with zero attached hydrogens (tertiary/aromatic N) is 6. The number of benzene rings is 1. The molecule has 13 heteroatoms. The van der Waals surface area contributed by atoms with Crippen molar-refractivity contribution in [1.82, 2.24) is 34.7 Å². The highest BCUT2D eigenvalue weighted by molar-refractivity contribution is 5.90. The quantitative estimate of drug-likeness (QED) is 0.151. The molecule has 0 spiro atoms. The van der Waals surface area contributed by atoms with E-state index < -0.39 is 17.3 Å². The summed E-state index contributed by atoms with van der Waals surface area (Å²) < 4.78 is 32.0. The molecule has 6 rings (SSSR count). The number of likely N-dealkylation sites (N-methyl/N-ethyl adjacent to an activating group) is 1. The highest BCUT2D eigenvalue weighted by Gasteiger charge is 2.37. The average molecular weight is 616 g/mol. The minimum atomic E-state index is -0.774. The summed E-state index contributed by atoms with van der Waals surface area (Å²) in [6.07, 6.45) is 4.78. The Hall–Kier alpha value is -4.78. The number of amides is 1. The summed E-state index contributed by atoms with van der Waals surface area (Å²) in [4.78, 5) is 46.4. The van der Waals surface area contributed by atoms with Gasteiger partial charge in [0.25, 0.3) is 0 Å². The van der Waals surface area contributed by atoms with Crippen LogP contribution in [0.4, 0.5) is 20.5 Å². The number of carbonyl (C=O) groups is 1. The van der Waals surface area contributed by atoms with Crippen LogP contribution in [0.5, 0.6) is 0 Å². The highest BCUT2D eigenvalue weighted by Crippen LogP contribution is 2.48. The van der Waals surface area contributed by atoms with Crippen LogP contribution in [0.3, 0.4) is 0 Å². The van der Waals surface area contributed by atoms with Gasteiger partial charge in [-0.25, -0.2) is 33.1 Å². The van der Waals surface area contributed by atoms with Crippen LogP contribution in [0.1, 0.15) is 48.9 Å². The molecule has 2 saturated carbocycles. The van der Waals surface area contributed by atoms with Crippen molar-refractivity contribution in [3.63, 3.8) is 0 Å². The maximum Gasteiger partial charge on any atom is 0.355 e. The van der Waals surface area contributed by atoms with E-state index in [-0.39, 0.29) is 58.9 Å². The molecule has 0 atom stereocenters. The lowest BCUT2D eigenvalue weighted by Crippen LogP contribution is -2.30. The standard InChI is InChI=1S/C32H35F2N9O2/c1-4-24(44)35-13-14-36-29-21-17-23(34)27(20-7-5-6-8-22(20)33)38-30(21)43(32(45)41-29)28-25(18-9-10-18)39-31(37-15-16-42(2)3)40-26(28)19-11-12-19/h4-8,17-19H,1,9-16H2,2-3H3,(H,35,44)(H,36,41,45)(H,37,39,40). The van der Waals surface area contributed by atoms with Crippen molar-refractivity contribution in [3.8, 4) is 16.9 Å². The number of carbonyl (C=O) groups excluding carboxylic acids is 1. The fourth-order valence-electron chi connectivity index (χ4n) is 5.21. The summed E-state index contributed by atoms with van der Waals surface area (Å²) in [5.41, 5.74) is 1.15. The number of hydrogen-bond donors (Lipinski definition) is 3. The molecule has 0 radical (unpaired) electrons. The lowest BCUT2D eigenvalue weighted by molar-refractivity contribution is -0.116. The largest absolute Gasteiger partial charge is 0.368 e. The first-order valence-corrected chi connectivity index (χ1v) is 15.1. The first-order chi connectivity index (χ1) is 21.7. The molecule has 3 N–H and O–H groups in total. The van der Waals surface area contributed by atoms with Gasteiger partial charge in [-0.3, -0.25) is 4.79 Å². The topological polar surface area (TPSA) is 130 Å². The summed E-state index contributed by atoms with van der Waals surface area (Å²) >= 11 is 0. The maximum atomic E-state index is 15.7. The van der Waals surface area contributed by atoms with E-state index in [2.05, 4.69) is 37.4 Å². The molecule has 3 heterocycles. The first kappa shape index (κ1) is 30.3. The number of anilines is 2. The predicted octanol–water partition coefficient (Wildman–Crippen LogP) is 3.96. The molecule has 1 aromatic carbocycles. The van der Waals surface area contributed by atoms with Gasteiger partial charge in [-0.1, -0.05) is 18.7 Å². The number of hydrogen-bond acceptors (Lipinski definition) is 9. The molecule has 1 amide bonds. The third-order valence-corrected chi connectivity index (χ3v) is 7.78. The molecule has 4 aromatic rings. The van der Waals surface area contributed by atoms with Crippen molar-refractivity contribution in [1.29, 1.82) is 0 Å². The van der Waals surface area contributed by atoms with Gasteiger partial charge in [-0.05, 0) is 64.1 Å². The van der Waals surface area contributed by atoms with Crippen molar-refractivity contribution in [3.05, 3.63) is 76.5 Å². The Morgan fingerprint density at radius 2 is 1.67 bits per heavy atom. The van der Waals surface area contributed by atoms with E-state index in [9.17, 15) is 14.0 Å². The van der Waals surface area contributed by atoms with Gasteiger partial charge in [0.2, 0.25) is 11.9 Å². The lowest BCUT2D eigenvalue weighted by Gasteiger charge is -2.20. The van der Waals surface area contributed by atoms with Gasteiger partial charge < -0.3 is 20.9 Å². The van der Waals surface area contributed by atoms with Crippen molar-refractivity contribution >= 4 is 28.7 Å². The van der Waals surface area contributed by atoms with Crippen LogP contribution >= 0.6 is 0 Å². The second-order valence-corrected chi connectivity index (χ2v) is 11.6. The Balaban J connectivity index is 1.55. The molecule has 234 valence electrons. The highest BCUT2D eigenvalue weighted by atomic mass is 19.1. The second kappa shape index (κ2) is 12.7. The van der Waals surface area contributed by atoms with E-state index in [0.717, 1.165) is 49.7 Å². The van der Waals surface area contributed by atoms with E-state index in [0.29, 0.717) is 18.2 Å². The Morgan fingerprint density at radius 1 is 0.978 bits per heavy atom. The molecule has 2 aliphatic carbocycles. The Bertz CT molecular complexity index is 1800. The van der Waals surface area contributed by atoms with Gasteiger partial charge in [0, 0.05) is 43.6 Å². The molecule has 2 fully saturated rings. The zero-order valence-corrected chi connectivity index (χ0v) is 25.2. The molecule has 0 bridgehead atoms. The Labute approximate surface area is 258 Å². The average Bonchev–Trinajstić information content (AvgIpc) is 3.93. The van der Waals surface area contributed by atoms with Crippen LogP contribution in [0.2, 0.25) is 0 Å². The summed E-state index contributed by atoms with van der Waals surface area (Å²) in [5.74, 6) is -0.938. The van der Waals surface area contributed by atoms with Gasteiger partial charge in [0.1, 0.15) is 23.1 Å². The van der Waals surface area contributed by atoms with Gasteiger partial charge in [-0.2, -0.15) is 4.98 Å². The van der Waals surface area contributed by atoms with E-state index in [1.807, 2.05) is 14.1 Å². The molecule has 3 aromatic heterocycles. The van der Waals surface area contributed by atoms with Gasteiger partial charge in [0.05, 0.1) is 22.5 Å². The molecule has 0 aliphatic heterocycles. The predicted molar refractivity (Wildman–Crippen MR) is 169 cm³/mol. The van der Waals surface area contributed by atoms with Crippen LogP contribution < -0.4 is 21.6 Å². The van der Waals surface area contributed by atoms with Crippen molar-refractivity contribution in [2.45, 2.75) is 37.5 Å². The molecule has 2 aliphatic rings. The number of aromatic nitrogens is 5. The fraction of sp³-hybridized carbons (Fsp3) is 0.375. The number of nitrogens with one attached hydrogen (secondary N) is 3. The van der Waals surface area contributed by atoms with Crippen LogP contribution in [0.15, 0.2) is 47.8 Å². The number of rotatable bonds is 13. The SMILES string of the molecule is C=CC(=O)NCCNc1nc(=O)n(-c2c(C3CC3)nc(NCCN(C)C)nc2C2CC2)c2nc(-c3ccccc3F)c(F)cc12. The summed E-state index contributed by atoms with van der Waals surface area (Å²) in [6.45, 7) is 5.26. The molecular weight excluding hydrogens is 580 g/mol.